The second-order valence-corrected chi connectivity index (χ2v) is 5.90. The van der Waals surface area contributed by atoms with Crippen molar-refractivity contribution in [2.45, 2.75) is 13.5 Å². The molecule has 0 N–H and O–H groups in total. The summed E-state index contributed by atoms with van der Waals surface area (Å²) in [4.78, 5) is 4.77. The van der Waals surface area contributed by atoms with Gasteiger partial charge in [-0.15, -0.1) is 0 Å². The lowest BCUT2D eigenvalue weighted by Crippen LogP contribution is -1.99. The summed E-state index contributed by atoms with van der Waals surface area (Å²) in [5.74, 6) is 0.949. The molecule has 2 aromatic heterocycles. The van der Waals surface area contributed by atoms with Crippen LogP contribution in [0.5, 0.6) is 0 Å². The molecule has 4 nitrogen and oxygen atoms in total. The highest BCUT2D eigenvalue weighted by Gasteiger charge is 2.11. The van der Waals surface area contributed by atoms with Crippen LogP contribution >= 0.6 is 0 Å². The summed E-state index contributed by atoms with van der Waals surface area (Å²) < 4.78 is 4.08. The predicted molar refractivity (Wildman–Crippen MR) is 92.2 cm³/mol. The number of aryl methyl sites for hydroxylation is 2. The zero-order valence-electron chi connectivity index (χ0n) is 13.3. The van der Waals surface area contributed by atoms with E-state index in [1.165, 1.54) is 11.1 Å². The number of fused-ring (bicyclic) bond motifs is 1. The van der Waals surface area contributed by atoms with Gasteiger partial charge in [0.25, 0.3) is 0 Å². The van der Waals surface area contributed by atoms with Gasteiger partial charge in [0.05, 0.1) is 29.3 Å². The zero-order valence-corrected chi connectivity index (χ0v) is 13.3. The first-order valence-electron chi connectivity index (χ1n) is 7.70. The standard InChI is InChI=1S/C19H18N4/c1-14-8-9-18-17(10-14)21-19(22(18)2)16-11-20-23(13-16)12-15-6-4-3-5-7-15/h3-11,13H,12H2,1-2H3. The SMILES string of the molecule is Cc1ccc2c(c1)nc(-c1cnn(Cc3ccccc3)c1)n2C. The number of hydrogen-bond donors (Lipinski definition) is 0. The van der Waals surface area contributed by atoms with E-state index in [0.717, 1.165) is 29.0 Å². The first-order valence-corrected chi connectivity index (χ1v) is 7.70. The van der Waals surface area contributed by atoms with E-state index in [-0.39, 0.29) is 0 Å². The van der Waals surface area contributed by atoms with Crippen molar-refractivity contribution in [3.8, 4) is 11.4 Å². The molecule has 2 aromatic carbocycles. The molecule has 0 saturated heterocycles. The Balaban J connectivity index is 1.70. The Bertz CT molecular complexity index is 964. The van der Waals surface area contributed by atoms with Gasteiger partial charge in [-0.1, -0.05) is 36.4 Å². The Labute approximate surface area is 135 Å². The molecule has 0 unspecified atom stereocenters. The van der Waals surface area contributed by atoms with Crippen LogP contribution in [-0.2, 0) is 13.6 Å². The van der Waals surface area contributed by atoms with E-state index in [2.05, 4.69) is 60.2 Å². The van der Waals surface area contributed by atoms with Gasteiger partial charge in [0.15, 0.2) is 0 Å². The lowest BCUT2D eigenvalue weighted by Gasteiger charge is -2.01. The molecule has 0 amide bonds. The fourth-order valence-electron chi connectivity index (χ4n) is 2.90. The molecule has 0 aliphatic heterocycles. The number of benzene rings is 2. The molecule has 2 heterocycles. The van der Waals surface area contributed by atoms with Crippen LogP contribution in [0.15, 0.2) is 60.9 Å². The molecule has 0 aliphatic rings. The van der Waals surface area contributed by atoms with Crippen molar-refractivity contribution in [1.82, 2.24) is 19.3 Å². The van der Waals surface area contributed by atoms with Gasteiger partial charge in [0, 0.05) is 13.2 Å². The highest BCUT2D eigenvalue weighted by atomic mass is 15.3. The third-order valence-corrected chi connectivity index (χ3v) is 4.12. The van der Waals surface area contributed by atoms with Crippen LogP contribution in [-0.4, -0.2) is 19.3 Å². The third kappa shape index (κ3) is 2.52. The Kier molecular flexibility index (Phi) is 3.23. The topological polar surface area (TPSA) is 35.6 Å². The lowest BCUT2D eigenvalue weighted by atomic mass is 10.2. The van der Waals surface area contributed by atoms with E-state index in [0.29, 0.717) is 0 Å². The predicted octanol–water partition coefficient (Wildman–Crippen LogP) is 3.79. The number of rotatable bonds is 3. The number of hydrogen-bond acceptors (Lipinski definition) is 2. The van der Waals surface area contributed by atoms with Crippen LogP contribution < -0.4 is 0 Å². The second kappa shape index (κ2) is 5.39. The van der Waals surface area contributed by atoms with Gasteiger partial charge in [-0.3, -0.25) is 4.68 Å². The summed E-state index contributed by atoms with van der Waals surface area (Å²) in [6, 6.07) is 16.7. The summed E-state index contributed by atoms with van der Waals surface area (Å²) in [5.41, 5.74) is 5.67. The summed E-state index contributed by atoms with van der Waals surface area (Å²) in [6.45, 7) is 2.86. The largest absolute Gasteiger partial charge is 0.327 e. The highest BCUT2D eigenvalue weighted by Crippen LogP contribution is 2.24. The van der Waals surface area contributed by atoms with E-state index in [1.54, 1.807) is 0 Å². The zero-order chi connectivity index (χ0) is 15.8. The lowest BCUT2D eigenvalue weighted by molar-refractivity contribution is 0.687. The number of imidazole rings is 1. The van der Waals surface area contributed by atoms with Crippen molar-refractivity contribution in [3.63, 3.8) is 0 Å². The van der Waals surface area contributed by atoms with E-state index < -0.39 is 0 Å². The Hall–Kier alpha value is -2.88. The quantitative estimate of drug-likeness (QED) is 0.577. The maximum Gasteiger partial charge on any atom is 0.144 e. The van der Waals surface area contributed by atoms with Crippen LogP contribution in [0.3, 0.4) is 0 Å². The van der Waals surface area contributed by atoms with Crippen molar-refractivity contribution in [1.29, 1.82) is 0 Å². The fourth-order valence-corrected chi connectivity index (χ4v) is 2.90. The van der Waals surface area contributed by atoms with E-state index in [4.69, 9.17) is 4.98 Å². The molecular weight excluding hydrogens is 284 g/mol. The molecule has 114 valence electrons. The summed E-state index contributed by atoms with van der Waals surface area (Å²) in [5, 5.41) is 4.48. The molecule has 4 aromatic rings. The van der Waals surface area contributed by atoms with Crippen LogP contribution in [0.2, 0.25) is 0 Å². The normalized spacial score (nSPS) is 11.2. The Morgan fingerprint density at radius 2 is 1.87 bits per heavy atom. The molecule has 0 spiro atoms. The molecule has 0 fully saturated rings. The summed E-state index contributed by atoms with van der Waals surface area (Å²) in [6.07, 6.45) is 3.94. The molecular formula is C19H18N4. The summed E-state index contributed by atoms with van der Waals surface area (Å²) in [7, 11) is 2.05. The van der Waals surface area contributed by atoms with E-state index >= 15 is 0 Å². The second-order valence-electron chi connectivity index (χ2n) is 5.90. The van der Waals surface area contributed by atoms with Crippen LogP contribution in [0.25, 0.3) is 22.4 Å². The van der Waals surface area contributed by atoms with Gasteiger partial charge in [0.2, 0.25) is 0 Å². The van der Waals surface area contributed by atoms with Crippen LogP contribution in [0.1, 0.15) is 11.1 Å². The van der Waals surface area contributed by atoms with Gasteiger partial charge < -0.3 is 4.57 Å². The Morgan fingerprint density at radius 3 is 2.70 bits per heavy atom. The van der Waals surface area contributed by atoms with E-state index in [1.807, 2.05) is 29.1 Å². The smallest absolute Gasteiger partial charge is 0.144 e. The minimum absolute atomic E-state index is 0.768. The maximum absolute atomic E-state index is 4.77. The van der Waals surface area contributed by atoms with Gasteiger partial charge in [-0.2, -0.15) is 5.10 Å². The van der Waals surface area contributed by atoms with Crippen molar-refractivity contribution < 1.29 is 0 Å². The molecule has 0 aliphatic carbocycles. The third-order valence-electron chi connectivity index (χ3n) is 4.12. The molecule has 0 radical (unpaired) electrons. The van der Waals surface area contributed by atoms with Crippen molar-refractivity contribution >= 4 is 11.0 Å². The van der Waals surface area contributed by atoms with Gasteiger partial charge >= 0.3 is 0 Å². The maximum atomic E-state index is 4.77. The van der Waals surface area contributed by atoms with Gasteiger partial charge in [0.1, 0.15) is 5.82 Å². The molecule has 4 heteroatoms. The van der Waals surface area contributed by atoms with Crippen molar-refractivity contribution in [2.75, 3.05) is 0 Å². The first-order chi connectivity index (χ1) is 11.2. The minimum atomic E-state index is 0.768. The van der Waals surface area contributed by atoms with Gasteiger partial charge in [-0.05, 0) is 30.2 Å². The summed E-state index contributed by atoms with van der Waals surface area (Å²) >= 11 is 0. The molecule has 23 heavy (non-hydrogen) atoms. The average Bonchev–Trinajstić information content (AvgIpc) is 3.13. The van der Waals surface area contributed by atoms with Crippen molar-refractivity contribution in [3.05, 3.63) is 72.1 Å². The number of nitrogens with zero attached hydrogens (tertiary/aromatic N) is 4. The highest BCUT2D eigenvalue weighted by molar-refractivity contribution is 5.80. The average molecular weight is 302 g/mol. The van der Waals surface area contributed by atoms with Crippen molar-refractivity contribution in [2.24, 2.45) is 7.05 Å². The molecule has 0 atom stereocenters. The molecule has 4 rings (SSSR count). The fraction of sp³-hybridized carbons (Fsp3) is 0.158. The van der Waals surface area contributed by atoms with Crippen LogP contribution in [0, 0.1) is 6.92 Å². The first kappa shape index (κ1) is 13.8. The monoisotopic (exact) mass is 302 g/mol. The number of aromatic nitrogens is 4. The van der Waals surface area contributed by atoms with E-state index in [9.17, 15) is 0 Å². The molecule has 0 saturated carbocycles. The Morgan fingerprint density at radius 1 is 1.04 bits per heavy atom. The minimum Gasteiger partial charge on any atom is -0.327 e. The molecule has 0 bridgehead atoms. The van der Waals surface area contributed by atoms with Gasteiger partial charge in [-0.25, -0.2) is 4.98 Å². The van der Waals surface area contributed by atoms with Crippen LogP contribution in [0.4, 0.5) is 0 Å².